The second kappa shape index (κ2) is 7.46. The van der Waals surface area contributed by atoms with E-state index in [0.29, 0.717) is 32.2 Å². The van der Waals surface area contributed by atoms with Gasteiger partial charge in [0.1, 0.15) is 5.82 Å². The standard InChI is InChI=1S/C19H32N4O2/c1-14(18(24)22-8-10-25-11-9-22)20-12-15-6-5-7-23-13-16(19(2,3)4)21-17(15)23/h13-15,20H,5-12H2,1-4H3/t14-,15-/m0/s1. The SMILES string of the molecule is C[C@H](NC[C@@H]1CCCn2cc(C(C)(C)C)nc21)C(=O)N1CCOCC1. The van der Waals surface area contributed by atoms with E-state index in [-0.39, 0.29) is 17.4 Å². The molecule has 1 fully saturated rings. The average molecular weight is 348 g/mol. The monoisotopic (exact) mass is 348 g/mol. The predicted molar refractivity (Wildman–Crippen MR) is 97.8 cm³/mol. The minimum Gasteiger partial charge on any atom is -0.378 e. The zero-order valence-corrected chi connectivity index (χ0v) is 16.0. The third-order valence-electron chi connectivity index (χ3n) is 5.26. The van der Waals surface area contributed by atoms with E-state index in [4.69, 9.17) is 9.72 Å². The number of carbonyl (C=O) groups is 1. The Labute approximate surface area is 150 Å². The van der Waals surface area contributed by atoms with Gasteiger partial charge in [-0.15, -0.1) is 0 Å². The molecule has 0 unspecified atom stereocenters. The number of hydrogen-bond donors (Lipinski definition) is 1. The molecule has 0 spiro atoms. The zero-order valence-electron chi connectivity index (χ0n) is 16.0. The number of hydrogen-bond acceptors (Lipinski definition) is 4. The number of nitrogens with one attached hydrogen (secondary N) is 1. The molecule has 0 saturated carbocycles. The number of imidazole rings is 1. The van der Waals surface area contributed by atoms with Crippen molar-refractivity contribution in [2.75, 3.05) is 32.8 Å². The maximum Gasteiger partial charge on any atom is 0.239 e. The minimum absolute atomic E-state index is 0.0713. The van der Waals surface area contributed by atoms with E-state index in [1.165, 1.54) is 12.2 Å². The van der Waals surface area contributed by atoms with Gasteiger partial charge in [0, 0.05) is 43.7 Å². The lowest BCUT2D eigenvalue weighted by atomic mass is 9.93. The summed E-state index contributed by atoms with van der Waals surface area (Å²) >= 11 is 0. The van der Waals surface area contributed by atoms with E-state index in [1.807, 2.05) is 11.8 Å². The van der Waals surface area contributed by atoms with E-state index >= 15 is 0 Å². The van der Waals surface area contributed by atoms with E-state index in [9.17, 15) is 4.79 Å². The van der Waals surface area contributed by atoms with Crippen molar-refractivity contribution in [2.24, 2.45) is 0 Å². The van der Waals surface area contributed by atoms with Gasteiger partial charge in [-0.1, -0.05) is 20.8 Å². The molecule has 1 N–H and O–H groups in total. The molecule has 0 aliphatic carbocycles. The fraction of sp³-hybridized carbons (Fsp3) is 0.789. The van der Waals surface area contributed by atoms with E-state index in [1.54, 1.807) is 0 Å². The highest BCUT2D eigenvalue weighted by Gasteiger charge is 2.28. The molecule has 140 valence electrons. The smallest absolute Gasteiger partial charge is 0.239 e. The van der Waals surface area contributed by atoms with Crippen LogP contribution in [0, 0.1) is 0 Å². The first kappa shape index (κ1) is 18.4. The van der Waals surface area contributed by atoms with Gasteiger partial charge in [-0.2, -0.15) is 0 Å². The molecule has 3 heterocycles. The molecule has 25 heavy (non-hydrogen) atoms. The molecule has 0 bridgehead atoms. The first-order valence-electron chi connectivity index (χ1n) is 9.53. The maximum atomic E-state index is 12.5. The molecule has 6 heteroatoms. The predicted octanol–water partition coefficient (Wildman–Crippen LogP) is 1.89. The number of fused-ring (bicyclic) bond motifs is 1. The van der Waals surface area contributed by atoms with E-state index < -0.39 is 0 Å². The fourth-order valence-corrected chi connectivity index (χ4v) is 3.59. The lowest BCUT2D eigenvalue weighted by molar-refractivity contribution is -0.137. The maximum absolute atomic E-state index is 12.5. The van der Waals surface area contributed by atoms with Crippen LogP contribution in [0.3, 0.4) is 0 Å². The summed E-state index contributed by atoms with van der Waals surface area (Å²) in [5.74, 6) is 1.73. The van der Waals surface area contributed by atoms with E-state index in [2.05, 4.69) is 36.9 Å². The van der Waals surface area contributed by atoms with Gasteiger partial charge in [0.15, 0.2) is 0 Å². The highest BCUT2D eigenvalue weighted by atomic mass is 16.5. The molecule has 3 rings (SSSR count). The van der Waals surface area contributed by atoms with Crippen LogP contribution in [0.15, 0.2) is 6.20 Å². The highest BCUT2D eigenvalue weighted by Crippen LogP contribution is 2.30. The van der Waals surface area contributed by atoms with Crippen LogP contribution in [0.1, 0.15) is 58.0 Å². The van der Waals surface area contributed by atoms with Gasteiger partial charge in [0.25, 0.3) is 0 Å². The molecule has 0 radical (unpaired) electrons. The third kappa shape index (κ3) is 4.23. The average Bonchev–Trinajstić information content (AvgIpc) is 3.05. The summed E-state index contributed by atoms with van der Waals surface area (Å²) in [6.07, 6.45) is 4.51. The first-order chi connectivity index (χ1) is 11.9. The zero-order chi connectivity index (χ0) is 18.0. The number of ether oxygens (including phenoxy) is 1. The Morgan fingerprint density at radius 2 is 2.08 bits per heavy atom. The van der Waals surface area contributed by atoms with Gasteiger partial charge < -0.3 is 19.5 Å². The molecule has 2 aliphatic rings. The first-order valence-corrected chi connectivity index (χ1v) is 9.53. The van der Waals surface area contributed by atoms with Gasteiger partial charge in [0.2, 0.25) is 5.91 Å². The Kier molecular flexibility index (Phi) is 5.49. The highest BCUT2D eigenvalue weighted by molar-refractivity contribution is 5.81. The van der Waals surface area contributed by atoms with Gasteiger partial charge in [-0.3, -0.25) is 4.79 Å². The Morgan fingerprint density at radius 3 is 2.76 bits per heavy atom. The van der Waals surface area contributed by atoms with Crippen LogP contribution in [-0.4, -0.2) is 59.2 Å². The van der Waals surface area contributed by atoms with Gasteiger partial charge >= 0.3 is 0 Å². The molecule has 1 amide bonds. The lowest BCUT2D eigenvalue weighted by Crippen LogP contribution is -2.50. The normalized spacial score (nSPS) is 22.6. The Hall–Kier alpha value is -1.40. The molecule has 6 nitrogen and oxygen atoms in total. The molecule has 1 saturated heterocycles. The number of aromatic nitrogens is 2. The van der Waals surface area contributed by atoms with Crippen molar-refractivity contribution in [1.82, 2.24) is 19.8 Å². The van der Waals surface area contributed by atoms with Gasteiger partial charge in [-0.05, 0) is 19.8 Å². The van der Waals surface area contributed by atoms with E-state index in [0.717, 1.165) is 25.2 Å². The van der Waals surface area contributed by atoms with Crippen LogP contribution >= 0.6 is 0 Å². The number of aryl methyl sites for hydroxylation is 1. The third-order valence-corrected chi connectivity index (χ3v) is 5.26. The Bertz CT molecular complexity index is 599. The van der Waals surface area contributed by atoms with Crippen molar-refractivity contribution in [3.05, 3.63) is 17.7 Å². The van der Waals surface area contributed by atoms with Crippen LogP contribution in [0.2, 0.25) is 0 Å². The number of nitrogens with zero attached hydrogens (tertiary/aromatic N) is 3. The largest absolute Gasteiger partial charge is 0.378 e. The van der Waals surface area contributed by atoms with Crippen molar-refractivity contribution < 1.29 is 9.53 Å². The Morgan fingerprint density at radius 1 is 1.36 bits per heavy atom. The number of carbonyl (C=O) groups excluding carboxylic acids is 1. The molecule has 2 aliphatic heterocycles. The van der Waals surface area contributed by atoms with Gasteiger partial charge in [0.05, 0.1) is 24.9 Å². The lowest BCUT2D eigenvalue weighted by Gasteiger charge is -2.30. The summed E-state index contributed by atoms with van der Waals surface area (Å²) in [7, 11) is 0. The van der Waals surface area contributed by atoms with Crippen molar-refractivity contribution in [2.45, 2.75) is 64.5 Å². The summed E-state index contributed by atoms with van der Waals surface area (Å²) in [4.78, 5) is 19.4. The molecular weight excluding hydrogens is 316 g/mol. The second-order valence-corrected chi connectivity index (χ2v) is 8.33. The molecule has 1 aromatic rings. The molecule has 1 aromatic heterocycles. The summed E-state index contributed by atoms with van der Waals surface area (Å²) in [6.45, 7) is 13.1. The summed E-state index contributed by atoms with van der Waals surface area (Å²) in [5, 5.41) is 3.45. The van der Waals surface area contributed by atoms with Crippen LogP contribution < -0.4 is 5.32 Å². The van der Waals surface area contributed by atoms with Crippen LogP contribution in [0.25, 0.3) is 0 Å². The van der Waals surface area contributed by atoms with Crippen molar-refractivity contribution >= 4 is 5.91 Å². The van der Waals surface area contributed by atoms with Crippen molar-refractivity contribution in [3.63, 3.8) is 0 Å². The Balaban J connectivity index is 1.60. The van der Waals surface area contributed by atoms with Crippen LogP contribution in [0.5, 0.6) is 0 Å². The van der Waals surface area contributed by atoms with Crippen molar-refractivity contribution in [1.29, 1.82) is 0 Å². The van der Waals surface area contributed by atoms with Crippen LogP contribution in [-0.2, 0) is 21.5 Å². The van der Waals surface area contributed by atoms with Crippen molar-refractivity contribution in [3.8, 4) is 0 Å². The summed E-state index contributed by atoms with van der Waals surface area (Å²) in [6, 6.07) is -0.162. The topological polar surface area (TPSA) is 59.4 Å². The number of amides is 1. The number of morpholine rings is 1. The number of rotatable bonds is 4. The fourth-order valence-electron chi connectivity index (χ4n) is 3.59. The summed E-state index contributed by atoms with van der Waals surface area (Å²) < 4.78 is 7.64. The van der Waals surface area contributed by atoms with Crippen LogP contribution in [0.4, 0.5) is 0 Å². The van der Waals surface area contributed by atoms with Gasteiger partial charge in [-0.25, -0.2) is 4.98 Å². The molecular formula is C19H32N4O2. The minimum atomic E-state index is -0.162. The molecule has 0 aromatic carbocycles. The summed E-state index contributed by atoms with van der Waals surface area (Å²) in [5.41, 5.74) is 1.23. The molecule has 2 atom stereocenters. The second-order valence-electron chi connectivity index (χ2n) is 8.33. The quantitative estimate of drug-likeness (QED) is 0.903.